The minimum atomic E-state index is -0.398. The molecule has 3 N–H and O–H groups in total. The molecular formula is C15H17N3O2S. The Kier molecular flexibility index (Phi) is 4.70. The van der Waals surface area contributed by atoms with Gasteiger partial charge in [0.2, 0.25) is 5.91 Å². The summed E-state index contributed by atoms with van der Waals surface area (Å²) in [5.74, 6) is -0.597. The summed E-state index contributed by atoms with van der Waals surface area (Å²) in [5, 5.41) is 2.36. The molecule has 0 saturated heterocycles. The monoisotopic (exact) mass is 303 g/mol. The molecule has 0 atom stereocenters. The Morgan fingerprint density at radius 1 is 1.33 bits per heavy atom. The van der Waals surface area contributed by atoms with Crippen molar-refractivity contribution in [2.24, 2.45) is 7.05 Å². The lowest BCUT2D eigenvalue weighted by Crippen LogP contribution is -2.32. The summed E-state index contributed by atoms with van der Waals surface area (Å²) in [7, 11) is 1.75. The van der Waals surface area contributed by atoms with Gasteiger partial charge in [0.25, 0.3) is 5.91 Å². The van der Waals surface area contributed by atoms with Crippen LogP contribution < -0.4 is 11.1 Å². The highest BCUT2D eigenvalue weighted by molar-refractivity contribution is 8.00. The minimum absolute atomic E-state index is 0.142. The van der Waals surface area contributed by atoms with Crippen LogP contribution in [-0.2, 0) is 11.8 Å². The maximum absolute atomic E-state index is 11.9. The van der Waals surface area contributed by atoms with Gasteiger partial charge in [-0.3, -0.25) is 14.9 Å². The second-order valence-corrected chi connectivity index (χ2v) is 5.73. The standard InChI is InChI=1S/C15H17N3O2S/c1-10-5-6-13(11(16)8-10)21-9-14(19)17-15(20)12-4-3-7-18(12)2/h3-8H,9,16H2,1-2H3,(H,17,19,20). The quantitative estimate of drug-likeness (QED) is 0.668. The Balaban J connectivity index is 1.90. The van der Waals surface area contributed by atoms with Crippen LogP contribution in [0.25, 0.3) is 0 Å². The van der Waals surface area contributed by atoms with E-state index in [2.05, 4.69) is 5.32 Å². The van der Waals surface area contributed by atoms with Gasteiger partial charge in [-0.2, -0.15) is 0 Å². The van der Waals surface area contributed by atoms with Crippen molar-refractivity contribution in [2.75, 3.05) is 11.5 Å². The summed E-state index contributed by atoms with van der Waals surface area (Å²) >= 11 is 1.31. The average molecular weight is 303 g/mol. The van der Waals surface area contributed by atoms with Crippen molar-refractivity contribution in [1.82, 2.24) is 9.88 Å². The van der Waals surface area contributed by atoms with Gasteiger partial charge < -0.3 is 10.3 Å². The molecule has 2 rings (SSSR count). The molecule has 0 spiro atoms. The van der Waals surface area contributed by atoms with Crippen molar-refractivity contribution >= 4 is 29.3 Å². The molecule has 0 unspecified atom stereocenters. The van der Waals surface area contributed by atoms with Crippen LogP contribution in [0, 0.1) is 6.92 Å². The molecule has 6 heteroatoms. The van der Waals surface area contributed by atoms with Crippen LogP contribution in [0.1, 0.15) is 16.1 Å². The fourth-order valence-corrected chi connectivity index (χ4v) is 2.62. The summed E-state index contributed by atoms with van der Waals surface area (Å²) < 4.78 is 1.66. The summed E-state index contributed by atoms with van der Waals surface area (Å²) in [5.41, 5.74) is 8.04. The van der Waals surface area contributed by atoms with E-state index in [1.165, 1.54) is 11.8 Å². The maximum atomic E-state index is 11.9. The SMILES string of the molecule is Cc1ccc(SCC(=O)NC(=O)c2cccn2C)c(N)c1. The lowest BCUT2D eigenvalue weighted by molar-refractivity contribution is -0.117. The number of aromatic nitrogens is 1. The number of nitrogen functional groups attached to an aromatic ring is 1. The Morgan fingerprint density at radius 3 is 2.71 bits per heavy atom. The molecule has 0 saturated carbocycles. The molecule has 0 aliphatic rings. The van der Waals surface area contributed by atoms with Crippen molar-refractivity contribution in [2.45, 2.75) is 11.8 Å². The largest absolute Gasteiger partial charge is 0.398 e. The number of carbonyl (C=O) groups is 2. The zero-order valence-electron chi connectivity index (χ0n) is 11.9. The normalized spacial score (nSPS) is 10.4. The smallest absolute Gasteiger partial charge is 0.274 e. The first-order valence-corrected chi connectivity index (χ1v) is 7.40. The van der Waals surface area contributed by atoms with Crippen LogP contribution in [0.3, 0.4) is 0 Å². The number of hydrogen-bond acceptors (Lipinski definition) is 4. The molecule has 0 fully saturated rings. The molecule has 1 heterocycles. The number of hydrogen-bond donors (Lipinski definition) is 2. The van der Waals surface area contributed by atoms with E-state index in [4.69, 9.17) is 5.73 Å². The van der Waals surface area contributed by atoms with Crippen molar-refractivity contribution in [3.05, 3.63) is 47.8 Å². The molecule has 0 bridgehead atoms. The molecule has 21 heavy (non-hydrogen) atoms. The first kappa shape index (κ1) is 15.2. The van der Waals surface area contributed by atoms with Crippen molar-refractivity contribution in [3.63, 3.8) is 0 Å². The fourth-order valence-electron chi connectivity index (χ4n) is 1.87. The van der Waals surface area contributed by atoms with Gasteiger partial charge in [-0.05, 0) is 36.8 Å². The van der Waals surface area contributed by atoms with Gasteiger partial charge in [-0.1, -0.05) is 6.07 Å². The summed E-state index contributed by atoms with van der Waals surface area (Å²) in [4.78, 5) is 24.5. The topological polar surface area (TPSA) is 77.1 Å². The van der Waals surface area contributed by atoms with Crippen molar-refractivity contribution < 1.29 is 9.59 Å². The Morgan fingerprint density at radius 2 is 2.10 bits per heavy atom. The average Bonchev–Trinajstić information content (AvgIpc) is 2.84. The molecule has 110 valence electrons. The lowest BCUT2D eigenvalue weighted by Gasteiger charge is -2.07. The minimum Gasteiger partial charge on any atom is -0.398 e. The van der Waals surface area contributed by atoms with Crippen LogP contribution in [0.4, 0.5) is 5.69 Å². The molecule has 2 aromatic rings. The summed E-state index contributed by atoms with van der Waals surface area (Å²) in [6.45, 7) is 1.95. The van der Waals surface area contributed by atoms with Crippen molar-refractivity contribution in [3.8, 4) is 0 Å². The molecule has 2 amide bonds. The van der Waals surface area contributed by atoms with E-state index < -0.39 is 5.91 Å². The number of nitrogens with two attached hydrogens (primary N) is 1. The van der Waals surface area contributed by atoms with Crippen LogP contribution in [0.2, 0.25) is 0 Å². The Bertz CT molecular complexity index is 679. The molecule has 0 aliphatic heterocycles. The molecule has 0 radical (unpaired) electrons. The lowest BCUT2D eigenvalue weighted by atomic mass is 10.2. The third-order valence-corrected chi connectivity index (χ3v) is 4.04. The number of aryl methyl sites for hydroxylation is 2. The Labute approximate surface area is 127 Å². The number of carbonyl (C=O) groups excluding carboxylic acids is 2. The summed E-state index contributed by atoms with van der Waals surface area (Å²) in [6.07, 6.45) is 1.75. The predicted octanol–water partition coefficient (Wildman–Crippen LogP) is 1.96. The molecule has 1 aromatic heterocycles. The molecule has 1 aromatic carbocycles. The first-order chi connectivity index (χ1) is 9.97. The number of imide groups is 1. The highest BCUT2D eigenvalue weighted by Crippen LogP contribution is 2.25. The van der Waals surface area contributed by atoms with Crippen LogP contribution in [0.5, 0.6) is 0 Å². The predicted molar refractivity (Wildman–Crippen MR) is 84.2 cm³/mol. The fraction of sp³-hybridized carbons (Fsp3) is 0.200. The number of benzene rings is 1. The zero-order chi connectivity index (χ0) is 15.4. The van der Waals surface area contributed by atoms with E-state index in [-0.39, 0.29) is 11.7 Å². The number of anilines is 1. The number of rotatable bonds is 4. The van der Waals surface area contributed by atoms with E-state index in [1.54, 1.807) is 29.9 Å². The number of amides is 2. The maximum Gasteiger partial charge on any atom is 0.274 e. The third kappa shape index (κ3) is 3.88. The highest BCUT2D eigenvalue weighted by atomic mass is 32.2. The van der Waals surface area contributed by atoms with Gasteiger partial charge >= 0.3 is 0 Å². The summed E-state index contributed by atoms with van der Waals surface area (Å²) in [6, 6.07) is 9.08. The highest BCUT2D eigenvalue weighted by Gasteiger charge is 2.13. The second-order valence-electron chi connectivity index (χ2n) is 4.71. The molecule has 0 aliphatic carbocycles. The third-order valence-electron chi connectivity index (χ3n) is 2.95. The van der Waals surface area contributed by atoms with Gasteiger partial charge in [-0.25, -0.2) is 0 Å². The number of nitrogens with one attached hydrogen (secondary N) is 1. The van der Waals surface area contributed by atoms with Gasteiger partial charge in [0.15, 0.2) is 0 Å². The second kappa shape index (κ2) is 6.49. The Hall–Kier alpha value is -2.21. The van der Waals surface area contributed by atoms with E-state index in [1.807, 2.05) is 25.1 Å². The van der Waals surface area contributed by atoms with Gasteiger partial charge in [0, 0.05) is 23.8 Å². The van der Waals surface area contributed by atoms with E-state index in [9.17, 15) is 9.59 Å². The number of thioether (sulfide) groups is 1. The van der Waals surface area contributed by atoms with Crippen LogP contribution in [-0.4, -0.2) is 22.1 Å². The van der Waals surface area contributed by atoms with Gasteiger partial charge in [0.05, 0.1) is 5.75 Å². The van der Waals surface area contributed by atoms with Crippen LogP contribution >= 0.6 is 11.8 Å². The first-order valence-electron chi connectivity index (χ1n) is 6.42. The van der Waals surface area contributed by atoms with E-state index >= 15 is 0 Å². The van der Waals surface area contributed by atoms with Crippen molar-refractivity contribution in [1.29, 1.82) is 0 Å². The zero-order valence-corrected chi connectivity index (χ0v) is 12.7. The van der Waals surface area contributed by atoms with Gasteiger partial charge in [0.1, 0.15) is 5.69 Å². The van der Waals surface area contributed by atoms with Gasteiger partial charge in [-0.15, -0.1) is 11.8 Å². The molecular weight excluding hydrogens is 286 g/mol. The number of nitrogens with zero attached hydrogens (tertiary/aromatic N) is 1. The van der Waals surface area contributed by atoms with E-state index in [0.29, 0.717) is 11.4 Å². The molecule has 5 nitrogen and oxygen atoms in total. The van der Waals surface area contributed by atoms with Crippen LogP contribution in [0.15, 0.2) is 41.4 Å². The van der Waals surface area contributed by atoms with E-state index in [0.717, 1.165) is 10.5 Å².